The molecule has 0 bridgehead atoms. The molecule has 2 aromatic rings. The van der Waals surface area contributed by atoms with Crippen molar-refractivity contribution in [2.75, 3.05) is 0 Å². The Bertz CT molecular complexity index is 626. The number of benzene rings is 2. The predicted molar refractivity (Wildman–Crippen MR) is 78.6 cm³/mol. The lowest BCUT2D eigenvalue weighted by Crippen LogP contribution is -2.19. The van der Waals surface area contributed by atoms with Crippen LogP contribution in [0.2, 0.25) is 5.02 Å². The maximum atomic E-state index is 13.0. The first-order valence-electron chi connectivity index (χ1n) is 6.85. The minimum Gasteiger partial charge on any atom is -0.392 e. The average Bonchev–Trinajstić information content (AvgIpc) is 2.86. The largest absolute Gasteiger partial charge is 0.392 e. The van der Waals surface area contributed by atoms with Gasteiger partial charge in [-0.3, -0.25) is 0 Å². The fourth-order valence-electron chi connectivity index (χ4n) is 3.04. The SMILES string of the molecule is OC(Cc1ccc(F)cc1Cl)C1CCc2ccccc21. The van der Waals surface area contributed by atoms with Gasteiger partial charge in [-0.15, -0.1) is 0 Å². The fourth-order valence-corrected chi connectivity index (χ4v) is 3.29. The fraction of sp³-hybridized carbons (Fsp3) is 0.294. The molecule has 1 aliphatic carbocycles. The van der Waals surface area contributed by atoms with Gasteiger partial charge in [0.1, 0.15) is 5.82 Å². The molecule has 1 nitrogen and oxygen atoms in total. The summed E-state index contributed by atoms with van der Waals surface area (Å²) in [7, 11) is 0. The topological polar surface area (TPSA) is 20.2 Å². The van der Waals surface area contributed by atoms with Gasteiger partial charge in [0.05, 0.1) is 6.10 Å². The van der Waals surface area contributed by atoms with E-state index in [0.717, 1.165) is 18.4 Å². The third-order valence-electron chi connectivity index (χ3n) is 4.09. The van der Waals surface area contributed by atoms with Crippen LogP contribution >= 0.6 is 11.6 Å². The van der Waals surface area contributed by atoms with E-state index in [1.54, 1.807) is 6.07 Å². The van der Waals surface area contributed by atoms with E-state index in [1.165, 1.54) is 23.3 Å². The molecule has 20 heavy (non-hydrogen) atoms. The minimum atomic E-state index is -0.485. The summed E-state index contributed by atoms with van der Waals surface area (Å²) < 4.78 is 13.0. The standard InChI is InChI=1S/C17H16ClFO/c18-16-10-13(19)7-5-12(16)9-17(20)15-8-6-11-3-1-2-4-14(11)15/h1-5,7,10,15,17,20H,6,8-9H2. The van der Waals surface area contributed by atoms with E-state index >= 15 is 0 Å². The molecule has 0 saturated carbocycles. The zero-order chi connectivity index (χ0) is 14.1. The van der Waals surface area contributed by atoms with Crippen LogP contribution in [0, 0.1) is 5.82 Å². The third-order valence-corrected chi connectivity index (χ3v) is 4.44. The van der Waals surface area contributed by atoms with Crippen LogP contribution in [0.4, 0.5) is 4.39 Å². The van der Waals surface area contributed by atoms with Gasteiger partial charge in [-0.1, -0.05) is 41.9 Å². The van der Waals surface area contributed by atoms with Crippen LogP contribution in [0.1, 0.15) is 29.0 Å². The number of aryl methyl sites for hydroxylation is 1. The molecule has 0 radical (unpaired) electrons. The van der Waals surface area contributed by atoms with Gasteiger partial charge in [0, 0.05) is 17.4 Å². The lowest BCUT2D eigenvalue weighted by atomic mass is 9.91. The van der Waals surface area contributed by atoms with Crippen molar-refractivity contribution in [3.63, 3.8) is 0 Å². The molecule has 0 saturated heterocycles. The molecule has 0 spiro atoms. The van der Waals surface area contributed by atoms with Crippen LogP contribution in [0.5, 0.6) is 0 Å². The molecule has 0 heterocycles. The number of rotatable bonds is 3. The maximum Gasteiger partial charge on any atom is 0.124 e. The summed E-state index contributed by atoms with van der Waals surface area (Å²) in [6.07, 6.45) is 1.94. The van der Waals surface area contributed by atoms with Crippen molar-refractivity contribution in [3.8, 4) is 0 Å². The Morgan fingerprint density at radius 2 is 2.05 bits per heavy atom. The average molecular weight is 291 g/mol. The van der Waals surface area contributed by atoms with Gasteiger partial charge in [-0.2, -0.15) is 0 Å². The highest BCUT2D eigenvalue weighted by molar-refractivity contribution is 6.31. The summed E-state index contributed by atoms with van der Waals surface area (Å²) in [5, 5.41) is 10.9. The number of aliphatic hydroxyl groups is 1. The summed E-state index contributed by atoms with van der Waals surface area (Å²) in [5.41, 5.74) is 3.35. The van der Waals surface area contributed by atoms with Crippen molar-refractivity contribution in [2.24, 2.45) is 0 Å². The highest BCUT2D eigenvalue weighted by atomic mass is 35.5. The normalized spacial score (nSPS) is 18.9. The Hall–Kier alpha value is -1.38. The molecular weight excluding hydrogens is 275 g/mol. The van der Waals surface area contributed by atoms with Crippen molar-refractivity contribution >= 4 is 11.6 Å². The second-order valence-electron chi connectivity index (χ2n) is 5.35. The molecule has 2 atom stereocenters. The van der Waals surface area contributed by atoms with Crippen LogP contribution in [0.3, 0.4) is 0 Å². The van der Waals surface area contributed by atoms with Crippen LogP contribution in [0.15, 0.2) is 42.5 Å². The van der Waals surface area contributed by atoms with E-state index in [1.807, 2.05) is 12.1 Å². The number of aliphatic hydroxyl groups excluding tert-OH is 1. The molecule has 0 aromatic heterocycles. The highest BCUT2D eigenvalue weighted by Crippen LogP contribution is 2.36. The molecule has 0 fully saturated rings. The van der Waals surface area contributed by atoms with Gasteiger partial charge < -0.3 is 5.11 Å². The van der Waals surface area contributed by atoms with Crippen molar-refractivity contribution < 1.29 is 9.50 Å². The summed E-state index contributed by atoms with van der Waals surface area (Å²) >= 11 is 6.03. The summed E-state index contributed by atoms with van der Waals surface area (Å²) in [4.78, 5) is 0. The molecule has 1 aliphatic rings. The number of hydrogen-bond donors (Lipinski definition) is 1. The number of fused-ring (bicyclic) bond motifs is 1. The van der Waals surface area contributed by atoms with Crippen molar-refractivity contribution in [1.29, 1.82) is 0 Å². The Morgan fingerprint density at radius 3 is 2.85 bits per heavy atom. The van der Waals surface area contributed by atoms with E-state index < -0.39 is 6.10 Å². The molecule has 104 valence electrons. The first-order chi connectivity index (χ1) is 9.65. The lowest BCUT2D eigenvalue weighted by Gasteiger charge is -2.20. The van der Waals surface area contributed by atoms with Gasteiger partial charge in [0.25, 0.3) is 0 Å². The third kappa shape index (κ3) is 2.58. The van der Waals surface area contributed by atoms with Gasteiger partial charge in [0.2, 0.25) is 0 Å². The summed E-state index contributed by atoms with van der Waals surface area (Å²) in [6.45, 7) is 0. The molecule has 1 N–H and O–H groups in total. The summed E-state index contributed by atoms with van der Waals surface area (Å²) in [5.74, 6) is -0.202. The zero-order valence-electron chi connectivity index (χ0n) is 11.0. The zero-order valence-corrected chi connectivity index (χ0v) is 11.8. The van der Waals surface area contributed by atoms with Crippen LogP contribution in [-0.2, 0) is 12.8 Å². The molecular formula is C17H16ClFO. The smallest absolute Gasteiger partial charge is 0.124 e. The summed E-state index contributed by atoms with van der Waals surface area (Å²) in [6, 6.07) is 12.6. The Kier molecular flexibility index (Phi) is 3.77. The van der Waals surface area contributed by atoms with E-state index in [2.05, 4.69) is 12.1 Å². The second-order valence-corrected chi connectivity index (χ2v) is 5.76. The quantitative estimate of drug-likeness (QED) is 0.902. The maximum absolute atomic E-state index is 13.0. The van der Waals surface area contributed by atoms with Crippen LogP contribution in [0.25, 0.3) is 0 Å². The van der Waals surface area contributed by atoms with Crippen molar-refractivity contribution in [1.82, 2.24) is 0 Å². The van der Waals surface area contributed by atoms with Gasteiger partial charge in [-0.25, -0.2) is 4.39 Å². The molecule has 2 unspecified atom stereocenters. The van der Waals surface area contributed by atoms with E-state index in [4.69, 9.17) is 11.6 Å². The Morgan fingerprint density at radius 1 is 1.25 bits per heavy atom. The van der Waals surface area contributed by atoms with Gasteiger partial charge in [0.15, 0.2) is 0 Å². The minimum absolute atomic E-state index is 0.146. The molecule has 0 aliphatic heterocycles. The lowest BCUT2D eigenvalue weighted by molar-refractivity contribution is 0.143. The van der Waals surface area contributed by atoms with E-state index in [9.17, 15) is 9.50 Å². The van der Waals surface area contributed by atoms with Crippen molar-refractivity contribution in [3.05, 3.63) is 70.0 Å². The highest BCUT2D eigenvalue weighted by Gasteiger charge is 2.28. The van der Waals surface area contributed by atoms with Crippen LogP contribution in [-0.4, -0.2) is 11.2 Å². The predicted octanol–water partition coefficient (Wildman–Crippen LogP) is 4.11. The Labute approximate surface area is 123 Å². The molecule has 2 aromatic carbocycles. The number of halogens is 2. The first-order valence-corrected chi connectivity index (χ1v) is 7.23. The van der Waals surface area contributed by atoms with Gasteiger partial charge in [-0.05, 0) is 41.7 Å². The monoisotopic (exact) mass is 290 g/mol. The Balaban J connectivity index is 1.79. The second kappa shape index (κ2) is 5.55. The van der Waals surface area contributed by atoms with Gasteiger partial charge >= 0.3 is 0 Å². The van der Waals surface area contributed by atoms with Crippen LogP contribution < -0.4 is 0 Å². The molecule has 0 amide bonds. The van der Waals surface area contributed by atoms with E-state index in [-0.39, 0.29) is 11.7 Å². The number of hydrogen-bond acceptors (Lipinski definition) is 1. The molecule has 3 rings (SSSR count). The van der Waals surface area contributed by atoms with E-state index in [0.29, 0.717) is 11.4 Å². The first kappa shape index (κ1) is 13.6. The molecule has 3 heteroatoms. The van der Waals surface area contributed by atoms with Crippen molar-refractivity contribution in [2.45, 2.75) is 31.3 Å².